The SMILES string of the molecule is COc1nc(OC=O)c(F)c2c(S(=O)(=O)N3CCCNCC3C)cccc12. The van der Waals surface area contributed by atoms with Crippen LogP contribution in [0.5, 0.6) is 11.8 Å². The molecule has 1 N–H and O–H groups in total. The van der Waals surface area contributed by atoms with Crippen LogP contribution in [0.2, 0.25) is 0 Å². The zero-order valence-electron chi connectivity index (χ0n) is 14.9. The fourth-order valence-electron chi connectivity index (χ4n) is 3.21. The van der Waals surface area contributed by atoms with Crippen molar-refractivity contribution in [2.24, 2.45) is 0 Å². The van der Waals surface area contributed by atoms with Gasteiger partial charge in [0.05, 0.1) is 12.0 Å². The number of aromatic nitrogens is 1. The van der Waals surface area contributed by atoms with Crippen molar-refractivity contribution < 1.29 is 27.1 Å². The summed E-state index contributed by atoms with van der Waals surface area (Å²) in [6.45, 7) is 3.33. The molecule has 0 saturated carbocycles. The predicted octanol–water partition coefficient (Wildman–Crippen LogP) is 1.29. The summed E-state index contributed by atoms with van der Waals surface area (Å²) >= 11 is 0. The summed E-state index contributed by atoms with van der Waals surface area (Å²) in [4.78, 5) is 14.3. The van der Waals surface area contributed by atoms with Gasteiger partial charge in [-0.1, -0.05) is 6.07 Å². The average molecular weight is 397 g/mol. The Balaban J connectivity index is 2.27. The van der Waals surface area contributed by atoms with E-state index in [0.29, 0.717) is 26.1 Å². The van der Waals surface area contributed by atoms with Gasteiger partial charge in [-0.3, -0.25) is 4.79 Å². The van der Waals surface area contributed by atoms with Gasteiger partial charge in [-0.25, -0.2) is 12.8 Å². The van der Waals surface area contributed by atoms with Gasteiger partial charge in [0.25, 0.3) is 12.4 Å². The summed E-state index contributed by atoms with van der Waals surface area (Å²) in [6.07, 6.45) is 0.640. The molecule has 0 spiro atoms. The van der Waals surface area contributed by atoms with Gasteiger partial charge in [-0.05, 0) is 32.0 Å². The fraction of sp³-hybridized carbons (Fsp3) is 0.412. The van der Waals surface area contributed by atoms with Gasteiger partial charge < -0.3 is 14.8 Å². The van der Waals surface area contributed by atoms with Crippen LogP contribution in [0.15, 0.2) is 23.1 Å². The Morgan fingerprint density at radius 1 is 1.37 bits per heavy atom. The summed E-state index contributed by atoms with van der Waals surface area (Å²) in [7, 11) is -2.70. The highest BCUT2D eigenvalue weighted by molar-refractivity contribution is 7.89. The Morgan fingerprint density at radius 3 is 2.85 bits per heavy atom. The lowest BCUT2D eigenvalue weighted by atomic mass is 10.1. The van der Waals surface area contributed by atoms with Crippen LogP contribution in [0.3, 0.4) is 0 Å². The van der Waals surface area contributed by atoms with Gasteiger partial charge in [0.2, 0.25) is 15.9 Å². The number of hydrogen-bond acceptors (Lipinski definition) is 7. The maximum Gasteiger partial charge on any atom is 0.299 e. The zero-order valence-corrected chi connectivity index (χ0v) is 15.8. The molecular formula is C17H20FN3O5S. The van der Waals surface area contributed by atoms with Crippen LogP contribution < -0.4 is 14.8 Å². The molecule has 8 nitrogen and oxygen atoms in total. The van der Waals surface area contributed by atoms with Crippen molar-refractivity contribution in [1.29, 1.82) is 0 Å². The minimum atomic E-state index is -4.01. The van der Waals surface area contributed by atoms with Crippen molar-refractivity contribution in [3.05, 3.63) is 24.0 Å². The van der Waals surface area contributed by atoms with E-state index in [1.54, 1.807) is 6.92 Å². The van der Waals surface area contributed by atoms with Crippen molar-refractivity contribution in [3.8, 4) is 11.8 Å². The Morgan fingerprint density at radius 2 is 2.15 bits per heavy atom. The van der Waals surface area contributed by atoms with Crippen LogP contribution in [0.4, 0.5) is 4.39 Å². The molecule has 27 heavy (non-hydrogen) atoms. The molecule has 1 fully saturated rings. The van der Waals surface area contributed by atoms with Gasteiger partial charge >= 0.3 is 0 Å². The fourth-order valence-corrected chi connectivity index (χ4v) is 5.09. The average Bonchev–Trinajstić information content (AvgIpc) is 2.88. The predicted molar refractivity (Wildman–Crippen MR) is 95.8 cm³/mol. The Bertz CT molecular complexity index is 967. The summed E-state index contributed by atoms with van der Waals surface area (Å²) in [5, 5.41) is 3.13. The highest BCUT2D eigenvalue weighted by Crippen LogP contribution is 2.36. The van der Waals surface area contributed by atoms with Crippen LogP contribution in [-0.4, -0.2) is 57.0 Å². The molecule has 1 aromatic carbocycles. The molecule has 146 valence electrons. The molecular weight excluding hydrogens is 377 g/mol. The van der Waals surface area contributed by atoms with Crippen LogP contribution in [0.1, 0.15) is 13.3 Å². The topological polar surface area (TPSA) is 97.8 Å². The zero-order chi connectivity index (χ0) is 19.6. The van der Waals surface area contributed by atoms with E-state index < -0.39 is 21.7 Å². The quantitative estimate of drug-likeness (QED) is 0.759. The van der Waals surface area contributed by atoms with Crippen molar-refractivity contribution in [2.45, 2.75) is 24.3 Å². The lowest BCUT2D eigenvalue weighted by molar-refractivity contribution is -0.121. The van der Waals surface area contributed by atoms with Crippen molar-refractivity contribution >= 4 is 27.3 Å². The summed E-state index contributed by atoms with van der Waals surface area (Å²) < 4.78 is 52.8. The Labute approximate surface area is 156 Å². The summed E-state index contributed by atoms with van der Waals surface area (Å²) in [5.74, 6) is -1.70. The molecule has 1 unspecified atom stereocenters. The third kappa shape index (κ3) is 3.47. The van der Waals surface area contributed by atoms with Gasteiger partial charge in [-0.15, -0.1) is 0 Å². The highest BCUT2D eigenvalue weighted by atomic mass is 32.2. The number of nitrogens with zero attached hydrogens (tertiary/aromatic N) is 2. The first-order valence-corrected chi connectivity index (χ1v) is 9.85. The monoisotopic (exact) mass is 397 g/mol. The van der Waals surface area contributed by atoms with Gasteiger partial charge in [0.1, 0.15) is 0 Å². The molecule has 1 aliphatic heterocycles. The van der Waals surface area contributed by atoms with E-state index in [2.05, 4.69) is 15.0 Å². The first-order valence-electron chi connectivity index (χ1n) is 8.41. The molecule has 1 saturated heterocycles. The van der Waals surface area contributed by atoms with E-state index >= 15 is 4.39 Å². The van der Waals surface area contributed by atoms with Crippen molar-refractivity contribution in [2.75, 3.05) is 26.7 Å². The maximum atomic E-state index is 15.0. The Kier molecular flexibility index (Phi) is 5.59. The summed E-state index contributed by atoms with van der Waals surface area (Å²) in [6, 6.07) is 4.03. The molecule has 0 aliphatic carbocycles. The number of benzene rings is 1. The second-order valence-electron chi connectivity index (χ2n) is 6.16. The molecule has 0 bridgehead atoms. The van der Waals surface area contributed by atoms with E-state index in [1.165, 1.54) is 29.6 Å². The number of rotatable bonds is 5. The van der Waals surface area contributed by atoms with Crippen LogP contribution in [0.25, 0.3) is 10.8 Å². The van der Waals surface area contributed by atoms with Gasteiger partial charge in [0.15, 0.2) is 5.82 Å². The number of carbonyl (C=O) groups excluding carboxylic acids is 1. The lowest BCUT2D eigenvalue weighted by Gasteiger charge is -2.26. The third-order valence-corrected chi connectivity index (χ3v) is 6.53. The molecule has 1 aromatic heterocycles. The molecule has 0 radical (unpaired) electrons. The number of hydrogen-bond donors (Lipinski definition) is 1. The van der Waals surface area contributed by atoms with Crippen LogP contribution >= 0.6 is 0 Å². The molecule has 3 rings (SSSR count). The first-order chi connectivity index (χ1) is 12.9. The van der Waals surface area contributed by atoms with Crippen LogP contribution in [-0.2, 0) is 14.8 Å². The minimum Gasteiger partial charge on any atom is -0.480 e. The van der Waals surface area contributed by atoms with E-state index in [4.69, 9.17) is 4.74 Å². The largest absolute Gasteiger partial charge is 0.480 e. The summed E-state index contributed by atoms with van der Waals surface area (Å²) in [5.41, 5.74) is 0. The molecule has 10 heteroatoms. The Hall–Kier alpha value is -2.30. The molecule has 1 aliphatic rings. The van der Waals surface area contributed by atoms with E-state index in [0.717, 1.165) is 0 Å². The minimum absolute atomic E-state index is 0.0242. The van der Waals surface area contributed by atoms with E-state index in [9.17, 15) is 13.2 Å². The number of pyridine rings is 1. The van der Waals surface area contributed by atoms with Crippen LogP contribution in [0, 0.1) is 5.82 Å². The highest BCUT2D eigenvalue weighted by Gasteiger charge is 2.33. The van der Waals surface area contributed by atoms with Gasteiger partial charge in [0, 0.05) is 29.9 Å². The number of nitrogens with one attached hydrogen (secondary N) is 1. The molecule has 2 aromatic rings. The maximum absolute atomic E-state index is 15.0. The molecule has 2 heterocycles. The number of sulfonamides is 1. The standard InChI is InChI=1S/C17H20FN3O5S/c1-11-9-19-7-4-8-21(11)27(23,24)13-6-3-5-12-14(13)15(18)17(26-10-22)20-16(12)25-2/h3,5-6,10-11,19H,4,7-9H2,1-2H3. The lowest BCUT2D eigenvalue weighted by Crippen LogP contribution is -2.41. The van der Waals surface area contributed by atoms with Gasteiger partial charge in [-0.2, -0.15) is 9.29 Å². The number of ether oxygens (including phenoxy) is 2. The smallest absolute Gasteiger partial charge is 0.299 e. The van der Waals surface area contributed by atoms with Crippen molar-refractivity contribution in [1.82, 2.24) is 14.6 Å². The molecule has 1 atom stereocenters. The number of fused-ring (bicyclic) bond motifs is 1. The molecule has 0 amide bonds. The second-order valence-corrected chi connectivity index (χ2v) is 8.01. The van der Waals surface area contributed by atoms with E-state index in [1.807, 2.05) is 0 Å². The number of carbonyl (C=O) groups is 1. The third-order valence-electron chi connectivity index (χ3n) is 4.47. The van der Waals surface area contributed by atoms with E-state index in [-0.39, 0.29) is 34.1 Å². The number of methoxy groups -OCH3 is 1. The normalized spacial score (nSPS) is 18.9. The second kappa shape index (κ2) is 7.75. The number of halogens is 1. The van der Waals surface area contributed by atoms with Crippen molar-refractivity contribution in [3.63, 3.8) is 0 Å². The first kappa shape index (κ1) is 19.5.